The normalized spacial score (nSPS) is 11.3. The first-order valence-electron chi connectivity index (χ1n) is 5.62. The highest BCUT2D eigenvalue weighted by Gasteiger charge is 2.31. The molecule has 110 valence electrons. The number of hydrogen-bond acceptors (Lipinski definition) is 2. The average molecular weight is 363 g/mol. The van der Waals surface area contributed by atoms with Crippen LogP contribution in [-0.4, -0.2) is 12.1 Å². The number of hydrogen-bond donors (Lipinski definition) is 0. The number of benzene rings is 2. The zero-order valence-corrected chi connectivity index (χ0v) is 11.8. The van der Waals surface area contributed by atoms with Crippen molar-refractivity contribution in [2.75, 3.05) is 0 Å². The van der Waals surface area contributed by atoms with Gasteiger partial charge in [0.05, 0.1) is 5.56 Å². The molecule has 0 radical (unpaired) electrons. The lowest BCUT2D eigenvalue weighted by Gasteiger charge is -2.10. The maximum Gasteiger partial charge on any atom is 0.573 e. The third kappa shape index (κ3) is 4.04. The number of halogens is 5. The van der Waals surface area contributed by atoms with Crippen molar-refractivity contribution in [1.29, 1.82) is 0 Å². The van der Waals surface area contributed by atoms with E-state index in [-0.39, 0.29) is 11.1 Å². The molecule has 0 aliphatic heterocycles. The quantitative estimate of drug-likeness (QED) is 0.583. The van der Waals surface area contributed by atoms with Crippen molar-refractivity contribution in [3.63, 3.8) is 0 Å². The van der Waals surface area contributed by atoms with Crippen LogP contribution in [0.5, 0.6) is 5.75 Å². The highest BCUT2D eigenvalue weighted by Crippen LogP contribution is 2.25. The molecule has 0 aromatic heterocycles. The van der Waals surface area contributed by atoms with E-state index in [0.29, 0.717) is 4.47 Å². The summed E-state index contributed by atoms with van der Waals surface area (Å²) in [5.74, 6) is -2.03. The monoisotopic (exact) mass is 362 g/mol. The van der Waals surface area contributed by atoms with Crippen molar-refractivity contribution in [3.05, 3.63) is 63.9 Å². The molecule has 2 aromatic rings. The predicted octanol–water partition coefficient (Wildman–Crippen LogP) is 4.72. The molecule has 21 heavy (non-hydrogen) atoms. The van der Waals surface area contributed by atoms with E-state index in [0.717, 1.165) is 18.2 Å². The van der Waals surface area contributed by atoms with Crippen LogP contribution in [0.4, 0.5) is 17.6 Å². The molecule has 0 amide bonds. The standard InChI is InChI=1S/C14H7BrF4O2/c15-9-4-5-11(12(16)7-9)13(20)8-2-1-3-10(6-8)21-14(17,18)19/h1-7H. The minimum absolute atomic E-state index is 0.0991. The molecule has 0 N–H and O–H groups in total. The molecule has 0 saturated heterocycles. The predicted molar refractivity (Wildman–Crippen MR) is 70.7 cm³/mol. The van der Waals surface area contributed by atoms with E-state index in [1.807, 2.05) is 0 Å². The minimum atomic E-state index is -4.86. The maximum absolute atomic E-state index is 13.7. The van der Waals surface area contributed by atoms with Crippen molar-refractivity contribution >= 4 is 21.7 Å². The summed E-state index contributed by atoms with van der Waals surface area (Å²) in [5, 5.41) is 0. The van der Waals surface area contributed by atoms with Crippen LogP contribution in [0.1, 0.15) is 15.9 Å². The lowest BCUT2D eigenvalue weighted by molar-refractivity contribution is -0.274. The summed E-state index contributed by atoms with van der Waals surface area (Å²) < 4.78 is 54.3. The lowest BCUT2D eigenvalue weighted by Crippen LogP contribution is -2.17. The van der Waals surface area contributed by atoms with Gasteiger partial charge in [0.15, 0.2) is 5.78 Å². The Labute approximate surface area is 125 Å². The lowest BCUT2D eigenvalue weighted by atomic mass is 10.0. The highest BCUT2D eigenvalue weighted by molar-refractivity contribution is 9.10. The second-order valence-corrected chi connectivity index (χ2v) is 4.94. The summed E-state index contributed by atoms with van der Waals surface area (Å²) in [6.07, 6.45) is -4.86. The SMILES string of the molecule is O=C(c1cccc(OC(F)(F)F)c1)c1ccc(Br)cc1F. The number of ketones is 1. The summed E-state index contributed by atoms with van der Waals surface area (Å²) in [4.78, 5) is 12.1. The fourth-order valence-corrected chi connectivity index (χ4v) is 2.00. The third-order valence-electron chi connectivity index (χ3n) is 2.51. The number of ether oxygens (including phenoxy) is 1. The molecule has 2 aromatic carbocycles. The van der Waals surface area contributed by atoms with Crippen molar-refractivity contribution in [3.8, 4) is 5.75 Å². The van der Waals surface area contributed by atoms with Gasteiger partial charge in [-0.2, -0.15) is 0 Å². The molecule has 0 heterocycles. The summed E-state index contributed by atoms with van der Waals surface area (Å²) in [7, 11) is 0. The first-order valence-corrected chi connectivity index (χ1v) is 6.41. The van der Waals surface area contributed by atoms with Gasteiger partial charge in [0, 0.05) is 10.0 Å². The zero-order valence-electron chi connectivity index (χ0n) is 10.2. The molecule has 7 heteroatoms. The molecule has 0 bridgehead atoms. The molecule has 0 unspecified atom stereocenters. The highest BCUT2D eigenvalue weighted by atomic mass is 79.9. The van der Waals surface area contributed by atoms with E-state index >= 15 is 0 Å². The molecule has 2 nitrogen and oxygen atoms in total. The van der Waals surface area contributed by atoms with Gasteiger partial charge in [-0.05, 0) is 30.3 Å². The van der Waals surface area contributed by atoms with Crippen LogP contribution >= 0.6 is 15.9 Å². The van der Waals surface area contributed by atoms with Gasteiger partial charge in [-0.25, -0.2) is 4.39 Å². The molecule has 0 spiro atoms. The van der Waals surface area contributed by atoms with Crippen molar-refractivity contribution in [2.45, 2.75) is 6.36 Å². The van der Waals surface area contributed by atoms with Gasteiger partial charge in [-0.1, -0.05) is 28.1 Å². The van der Waals surface area contributed by atoms with Gasteiger partial charge < -0.3 is 4.74 Å². The van der Waals surface area contributed by atoms with Gasteiger partial charge in [-0.3, -0.25) is 4.79 Å². The molecule has 0 atom stereocenters. The van der Waals surface area contributed by atoms with Crippen LogP contribution in [0.2, 0.25) is 0 Å². The maximum atomic E-state index is 13.7. The number of carbonyl (C=O) groups is 1. The molecular weight excluding hydrogens is 356 g/mol. The van der Waals surface area contributed by atoms with E-state index in [9.17, 15) is 22.4 Å². The molecule has 2 rings (SSSR count). The average Bonchev–Trinajstić information content (AvgIpc) is 2.36. The van der Waals surface area contributed by atoms with Gasteiger partial charge in [0.2, 0.25) is 0 Å². The van der Waals surface area contributed by atoms with E-state index in [1.54, 1.807) is 0 Å². The van der Waals surface area contributed by atoms with E-state index < -0.39 is 23.7 Å². The smallest absolute Gasteiger partial charge is 0.406 e. The molecular formula is C14H7BrF4O2. The Hall–Kier alpha value is -1.89. The zero-order chi connectivity index (χ0) is 15.6. The second-order valence-electron chi connectivity index (χ2n) is 4.03. The Morgan fingerprint density at radius 2 is 1.81 bits per heavy atom. The van der Waals surface area contributed by atoms with E-state index in [2.05, 4.69) is 20.7 Å². The fraction of sp³-hybridized carbons (Fsp3) is 0.0714. The Morgan fingerprint density at radius 1 is 1.10 bits per heavy atom. The first-order chi connectivity index (χ1) is 9.76. The number of rotatable bonds is 3. The second kappa shape index (κ2) is 5.85. The van der Waals surface area contributed by atoms with E-state index in [1.165, 1.54) is 24.3 Å². The largest absolute Gasteiger partial charge is 0.573 e. The van der Waals surface area contributed by atoms with Crippen LogP contribution in [0.25, 0.3) is 0 Å². The van der Waals surface area contributed by atoms with Crippen molar-refractivity contribution in [2.24, 2.45) is 0 Å². The van der Waals surface area contributed by atoms with Gasteiger partial charge in [0.25, 0.3) is 0 Å². The van der Waals surface area contributed by atoms with Gasteiger partial charge >= 0.3 is 6.36 Å². The Bertz CT molecular complexity index is 683. The Morgan fingerprint density at radius 3 is 2.43 bits per heavy atom. The number of carbonyl (C=O) groups excluding carboxylic acids is 1. The molecule has 0 aliphatic carbocycles. The van der Waals surface area contributed by atoms with Gasteiger partial charge in [0.1, 0.15) is 11.6 Å². The fourth-order valence-electron chi connectivity index (χ4n) is 1.66. The Kier molecular flexibility index (Phi) is 4.32. The molecule has 0 saturated carbocycles. The summed E-state index contributed by atoms with van der Waals surface area (Å²) in [5.41, 5.74) is -0.333. The van der Waals surface area contributed by atoms with Crippen LogP contribution in [-0.2, 0) is 0 Å². The van der Waals surface area contributed by atoms with Crippen molar-refractivity contribution in [1.82, 2.24) is 0 Å². The van der Waals surface area contributed by atoms with Crippen LogP contribution in [0, 0.1) is 5.82 Å². The topological polar surface area (TPSA) is 26.3 Å². The van der Waals surface area contributed by atoms with Crippen LogP contribution in [0.15, 0.2) is 46.9 Å². The summed E-state index contributed by atoms with van der Waals surface area (Å²) in [6.45, 7) is 0. The number of alkyl halides is 3. The first kappa shape index (κ1) is 15.5. The minimum Gasteiger partial charge on any atom is -0.406 e. The van der Waals surface area contributed by atoms with Gasteiger partial charge in [-0.15, -0.1) is 13.2 Å². The Balaban J connectivity index is 2.33. The van der Waals surface area contributed by atoms with Crippen LogP contribution < -0.4 is 4.74 Å². The van der Waals surface area contributed by atoms with Crippen LogP contribution in [0.3, 0.4) is 0 Å². The third-order valence-corrected chi connectivity index (χ3v) is 3.00. The van der Waals surface area contributed by atoms with E-state index in [4.69, 9.17) is 0 Å². The summed E-state index contributed by atoms with van der Waals surface area (Å²) in [6, 6.07) is 8.30. The molecule has 0 fully saturated rings. The summed E-state index contributed by atoms with van der Waals surface area (Å²) >= 11 is 3.05. The molecule has 0 aliphatic rings. The van der Waals surface area contributed by atoms with Crippen molar-refractivity contribution < 1.29 is 27.1 Å².